The second-order valence-corrected chi connectivity index (χ2v) is 7.81. The first-order valence-electron chi connectivity index (χ1n) is 8.45. The SMILES string of the molecule is COC(=O)c1cc(NS(C)(=O)=O)nc(-c2ccc(C#Cc3cccnc3)cc2)c1. The molecule has 146 valence electrons. The number of carbonyl (C=O) groups excluding carboxylic acids is 1. The highest BCUT2D eigenvalue weighted by Crippen LogP contribution is 2.23. The van der Waals surface area contributed by atoms with Crippen LogP contribution in [0.25, 0.3) is 11.3 Å². The van der Waals surface area contributed by atoms with E-state index in [-0.39, 0.29) is 11.4 Å². The smallest absolute Gasteiger partial charge is 0.338 e. The summed E-state index contributed by atoms with van der Waals surface area (Å²) in [6.07, 6.45) is 4.37. The van der Waals surface area contributed by atoms with E-state index in [0.717, 1.165) is 17.4 Å². The van der Waals surface area contributed by atoms with E-state index in [1.165, 1.54) is 19.2 Å². The molecule has 0 aliphatic carbocycles. The Labute approximate surface area is 168 Å². The molecular weight excluding hydrogens is 390 g/mol. The molecule has 1 N–H and O–H groups in total. The Morgan fingerprint density at radius 2 is 1.79 bits per heavy atom. The van der Waals surface area contributed by atoms with E-state index in [9.17, 15) is 13.2 Å². The molecular formula is C21H17N3O4S. The average molecular weight is 407 g/mol. The Balaban J connectivity index is 1.94. The molecule has 0 aliphatic rings. The molecule has 7 nitrogen and oxygen atoms in total. The number of methoxy groups -OCH3 is 1. The van der Waals surface area contributed by atoms with E-state index in [0.29, 0.717) is 11.3 Å². The summed E-state index contributed by atoms with van der Waals surface area (Å²) in [6.45, 7) is 0. The highest BCUT2D eigenvalue weighted by atomic mass is 32.2. The van der Waals surface area contributed by atoms with Crippen LogP contribution in [-0.2, 0) is 14.8 Å². The van der Waals surface area contributed by atoms with Crippen LogP contribution in [0.5, 0.6) is 0 Å². The minimum Gasteiger partial charge on any atom is -0.465 e. The van der Waals surface area contributed by atoms with Crippen LogP contribution >= 0.6 is 0 Å². The number of benzene rings is 1. The van der Waals surface area contributed by atoms with E-state index in [4.69, 9.17) is 4.74 Å². The molecule has 0 saturated heterocycles. The maximum Gasteiger partial charge on any atom is 0.338 e. The standard InChI is InChI=1S/C21H17N3O4S/c1-28-21(25)18-12-19(23-20(13-18)24-29(2,26)27)17-9-7-15(8-10-17)5-6-16-4-3-11-22-14-16/h3-4,7-14H,1-2H3,(H,23,24). The molecule has 29 heavy (non-hydrogen) atoms. The maximum atomic E-state index is 11.9. The number of sulfonamides is 1. The molecule has 0 spiro atoms. The minimum atomic E-state index is -3.55. The van der Waals surface area contributed by atoms with Crippen LogP contribution in [0.3, 0.4) is 0 Å². The zero-order valence-corrected chi connectivity index (χ0v) is 16.5. The molecule has 2 aromatic heterocycles. The molecule has 0 saturated carbocycles. The van der Waals surface area contributed by atoms with Gasteiger partial charge >= 0.3 is 5.97 Å². The van der Waals surface area contributed by atoms with E-state index in [1.54, 1.807) is 24.5 Å². The van der Waals surface area contributed by atoms with E-state index in [2.05, 4.69) is 26.5 Å². The van der Waals surface area contributed by atoms with Gasteiger partial charge in [-0.2, -0.15) is 0 Å². The Hall–Kier alpha value is -3.70. The van der Waals surface area contributed by atoms with Gasteiger partial charge in [-0.05, 0) is 36.4 Å². The number of hydrogen-bond donors (Lipinski definition) is 1. The lowest BCUT2D eigenvalue weighted by Gasteiger charge is -2.09. The second kappa shape index (κ2) is 8.54. The lowest BCUT2D eigenvalue weighted by atomic mass is 10.1. The van der Waals surface area contributed by atoms with Gasteiger partial charge in [0.25, 0.3) is 0 Å². The molecule has 0 unspecified atom stereocenters. The van der Waals surface area contributed by atoms with Crippen molar-refractivity contribution >= 4 is 21.8 Å². The largest absolute Gasteiger partial charge is 0.465 e. The van der Waals surface area contributed by atoms with Gasteiger partial charge in [0.2, 0.25) is 10.0 Å². The summed E-state index contributed by atoms with van der Waals surface area (Å²) < 4.78 is 30.1. The highest BCUT2D eigenvalue weighted by molar-refractivity contribution is 7.92. The van der Waals surface area contributed by atoms with Crippen LogP contribution in [0.2, 0.25) is 0 Å². The molecule has 8 heteroatoms. The number of rotatable bonds is 4. The fourth-order valence-corrected chi connectivity index (χ4v) is 2.95. The molecule has 2 heterocycles. The summed E-state index contributed by atoms with van der Waals surface area (Å²) in [7, 11) is -2.30. The van der Waals surface area contributed by atoms with E-state index < -0.39 is 16.0 Å². The van der Waals surface area contributed by atoms with Gasteiger partial charge in [0.15, 0.2) is 0 Å². The van der Waals surface area contributed by atoms with Gasteiger partial charge in [-0.3, -0.25) is 9.71 Å². The van der Waals surface area contributed by atoms with Crippen molar-refractivity contribution in [1.29, 1.82) is 0 Å². The second-order valence-electron chi connectivity index (χ2n) is 6.06. The number of pyridine rings is 2. The van der Waals surface area contributed by atoms with Gasteiger partial charge in [-0.1, -0.05) is 24.0 Å². The third-order valence-electron chi connectivity index (χ3n) is 3.73. The molecule has 0 fully saturated rings. The number of nitrogens with zero attached hydrogens (tertiary/aromatic N) is 2. The summed E-state index contributed by atoms with van der Waals surface area (Å²) in [5.74, 6) is 5.51. The number of hydrogen-bond acceptors (Lipinski definition) is 6. The molecule has 3 rings (SSSR count). The van der Waals surface area contributed by atoms with Crippen molar-refractivity contribution in [3.8, 4) is 23.1 Å². The summed E-state index contributed by atoms with van der Waals surface area (Å²) in [6, 6.07) is 13.8. The average Bonchev–Trinajstić information content (AvgIpc) is 2.71. The van der Waals surface area contributed by atoms with Crippen molar-refractivity contribution in [2.24, 2.45) is 0 Å². The lowest BCUT2D eigenvalue weighted by Crippen LogP contribution is -2.12. The van der Waals surface area contributed by atoms with Crippen molar-refractivity contribution in [3.63, 3.8) is 0 Å². The van der Waals surface area contributed by atoms with Gasteiger partial charge in [-0.15, -0.1) is 0 Å². The minimum absolute atomic E-state index is 0.0332. The van der Waals surface area contributed by atoms with Gasteiger partial charge < -0.3 is 4.74 Å². The van der Waals surface area contributed by atoms with Crippen LogP contribution in [0, 0.1) is 11.8 Å². The monoisotopic (exact) mass is 407 g/mol. The number of nitrogens with one attached hydrogen (secondary N) is 1. The molecule has 1 aromatic carbocycles. The van der Waals surface area contributed by atoms with Gasteiger partial charge in [0.1, 0.15) is 5.82 Å². The predicted octanol–water partition coefficient (Wildman–Crippen LogP) is 2.70. The maximum absolute atomic E-state index is 11.9. The van der Waals surface area contributed by atoms with Gasteiger partial charge in [-0.25, -0.2) is 18.2 Å². The summed E-state index contributed by atoms with van der Waals surface area (Å²) in [4.78, 5) is 20.2. The van der Waals surface area contributed by atoms with E-state index in [1.807, 2.05) is 24.3 Å². The highest BCUT2D eigenvalue weighted by Gasteiger charge is 2.13. The molecule has 0 aliphatic heterocycles. The van der Waals surface area contributed by atoms with Crippen LogP contribution in [-0.4, -0.2) is 37.7 Å². The fraction of sp³-hybridized carbons (Fsp3) is 0.0952. The Bertz CT molecular complexity index is 1200. The van der Waals surface area contributed by atoms with Crippen molar-refractivity contribution < 1.29 is 17.9 Å². The van der Waals surface area contributed by atoms with Crippen LogP contribution < -0.4 is 4.72 Å². The first-order chi connectivity index (χ1) is 13.8. The predicted molar refractivity (Wildman–Crippen MR) is 110 cm³/mol. The number of carbonyl (C=O) groups is 1. The van der Waals surface area contributed by atoms with Crippen LogP contribution in [0.1, 0.15) is 21.5 Å². The number of aromatic nitrogens is 2. The fourth-order valence-electron chi connectivity index (χ4n) is 2.46. The Morgan fingerprint density at radius 1 is 1.07 bits per heavy atom. The topological polar surface area (TPSA) is 98.2 Å². The lowest BCUT2D eigenvalue weighted by molar-refractivity contribution is 0.0600. The quantitative estimate of drug-likeness (QED) is 0.527. The molecule has 0 atom stereocenters. The molecule has 3 aromatic rings. The van der Waals surface area contributed by atoms with Crippen LogP contribution in [0.15, 0.2) is 60.9 Å². The number of esters is 1. The van der Waals surface area contributed by atoms with Crippen molar-refractivity contribution in [3.05, 3.63) is 77.6 Å². The number of anilines is 1. The zero-order valence-electron chi connectivity index (χ0n) is 15.7. The first-order valence-corrected chi connectivity index (χ1v) is 10.3. The summed E-state index contributed by atoms with van der Waals surface area (Å²) >= 11 is 0. The normalized spacial score (nSPS) is 10.6. The van der Waals surface area contributed by atoms with Crippen molar-refractivity contribution in [1.82, 2.24) is 9.97 Å². The molecule has 0 radical (unpaired) electrons. The van der Waals surface area contributed by atoms with Crippen LogP contribution in [0.4, 0.5) is 5.82 Å². The van der Waals surface area contributed by atoms with Crippen molar-refractivity contribution in [2.45, 2.75) is 0 Å². The first kappa shape index (κ1) is 20.0. The Morgan fingerprint density at radius 3 is 2.41 bits per heavy atom. The summed E-state index contributed by atoms with van der Waals surface area (Å²) in [5, 5.41) is 0. The molecule has 0 amide bonds. The number of ether oxygens (including phenoxy) is 1. The summed E-state index contributed by atoms with van der Waals surface area (Å²) in [5.41, 5.74) is 2.89. The third kappa shape index (κ3) is 5.64. The van der Waals surface area contributed by atoms with Gasteiger partial charge in [0, 0.05) is 29.1 Å². The van der Waals surface area contributed by atoms with Crippen molar-refractivity contribution in [2.75, 3.05) is 18.1 Å². The van der Waals surface area contributed by atoms with Gasteiger partial charge in [0.05, 0.1) is 24.6 Å². The Kier molecular flexibility index (Phi) is 5.90. The van der Waals surface area contributed by atoms with E-state index >= 15 is 0 Å². The third-order valence-corrected chi connectivity index (χ3v) is 4.31. The zero-order chi connectivity index (χ0) is 20.9. The molecule has 0 bridgehead atoms.